The van der Waals surface area contributed by atoms with Gasteiger partial charge in [0.15, 0.2) is 0 Å². The summed E-state index contributed by atoms with van der Waals surface area (Å²) >= 11 is 0. The van der Waals surface area contributed by atoms with Crippen LogP contribution in [0.5, 0.6) is 5.75 Å². The highest BCUT2D eigenvalue weighted by Gasteiger charge is 2.14. The van der Waals surface area contributed by atoms with E-state index in [0.29, 0.717) is 16.8 Å². The summed E-state index contributed by atoms with van der Waals surface area (Å²) in [5.74, 6) is -0.447. The molecule has 0 aliphatic heterocycles. The molecule has 4 N–H and O–H groups in total. The first kappa shape index (κ1) is 19.1. The van der Waals surface area contributed by atoms with Crippen LogP contribution in [0.4, 0.5) is 10.5 Å². The molecule has 2 amide bonds. The minimum Gasteiger partial charge on any atom is -0.496 e. The predicted octanol–water partition coefficient (Wildman–Crippen LogP) is 1.65. The Labute approximate surface area is 150 Å². The number of amides is 2. The molecule has 2 aromatic rings. The lowest BCUT2D eigenvalue weighted by Crippen LogP contribution is -2.40. The van der Waals surface area contributed by atoms with Crippen molar-refractivity contribution in [1.82, 2.24) is 10.9 Å². The summed E-state index contributed by atoms with van der Waals surface area (Å²) in [7, 11) is -2.03. The molecular weight excluding hydrogens is 362 g/mol. The Morgan fingerprint density at radius 2 is 1.73 bits per heavy atom. The minimum absolute atomic E-state index is 0.135. The lowest BCUT2D eigenvalue weighted by Gasteiger charge is -2.12. The molecule has 0 aromatic heterocycles. The number of ether oxygens (including phenoxy) is 1. The van der Waals surface area contributed by atoms with Gasteiger partial charge < -0.3 is 9.84 Å². The molecule has 138 valence electrons. The number of methoxy groups -OCH3 is 1. The van der Waals surface area contributed by atoms with E-state index < -0.39 is 22.0 Å². The monoisotopic (exact) mass is 379 g/mol. The molecule has 0 fully saturated rings. The number of rotatable bonds is 5. The molecule has 0 spiro atoms. The van der Waals surface area contributed by atoms with Crippen LogP contribution in [0.3, 0.4) is 0 Å². The molecule has 0 saturated heterocycles. The smallest absolute Gasteiger partial charge is 0.423 e. The second-order valence-electron chi connectivity index (χ2n) is 5.25. The third kappa shape index (κ3) is 5.11. The lowest BCUT2D eigenvalue weighted by atomic mass is 10.0. The SMILES string of the molecule is COc1cc(-c2cccc(NS(C)(=O)=O)c2)ccc1C(=O)NNC(=O)O. The van der Waals surface area contributed by atoms with Crippen LogP contribution in [0.2, 0.25) is 0 Å². The second kappa shape index (κ2) is 7.74. The van der Waals surface area contributed by atoms with Gasteiger partial charge in [0, 0.05) is 5.69 Å². The fraction of sp³-hybridized carbons (Fsp3) is 0.125. The van der Waals surface area contributed by atoms with E-state index in [1.165, 1.54) is 13.2 Å². The number of carbonyl (C=O) groups is 2. The molecule has 0 atom stereocenters. The van der Waals surface area contributed by atoms with Gasteiger partial charge >= 0.3 is 6.09 Å². The number of hydrogen-bond donors (Lipinski definition) is 4. The van der Waals surface area contributed by atoms with Crippen molar-refractivity contribution in [3.05, 3.63) is 48.0 Å². The third-order valence-corrected chi connectivity index (χ3v) is 3.83. The van der Waals surface area contributed by atoms with Crippen molar-refractivity contribution < 1.29 is 27.9 Å². The first-order valence-electron chi connectivity index (χ1n) is 7.25. The fourth-order valence-electron chi connectivity index (χ4n) is 2.21. The van der Waals surface area contributed by atoms with E-state index in [1.807, 2.05) is 5.43 Å². The number of hydrogen-bond acceptors (Lipinski definition) is 5. The topological polar surface area (TPSA) is 134 Å². The van der Waals surface area contributed by atoms with E-state index in [2.05, 4.69) is 4.72 Å². The maximum absolute atomic E-state index is 12.0. The van der Waals surface area contributed by atoms with Crippen LogP contribution in [-0.2, 0) is 10.0 Å². The van der Waals surface area contributed by atoms with E-state index in [9.17, 15) is 18.0 Å². The van der Waals surface area contributed by atoms with Gasteiger partial charge in [-0.2, -0.15) is 0 Å². The number of hydrazine groups is 1. The summed E-state index contributed by atoms with van der Waals surface area (Å²) in [6.07, 6.45) is -0.342. The van der Waals surface area contributed by atoms with E-state index in [0.717, 1.165) is 6.26 Å². The molecule has 0 heterocycles. The number of sulfonamides is 1. The van der Waals surface area contributed by atoms with Crippen molar-refractivity contribution in [2.24, 2.45) is 0 Å². The van der Waals surface area contributed by atoms with Crippen molar-refractivity contribution in [3.63, 3.8) is 0 Å². The molecule has 0 saturated carbocycles. The summed E-state index contributed by atoms with van der Waals surface area (Å²) < 4.78 is 30.3. The number of benzene rings is 2. The maximum atomic E-state index is 12.0. The maximum Gasteiger partial charge on any atom is 0.423 e. The van der Waals surface area contributed by atoms with Gasteiger partial charge in [0.25, 0.3) is 5.91 Å². The molecule has 2 aromatic carbocycles. The van der Waals surface area contributed by atoms with Crippen LogP contribution < -0.4 is 20.3 Å². The molecule has 0 aliphatic carbocycles. The third-order valence-electron chi connectivity index (χ3n) is 3.23. The van der Waals surface area contributed by atoms with Gasteiger partial charge in [-0.05, 0) is 35.4 Å². The van der Waals surface area contributed by atoms with Crippen molar-refractivity contribution in [3.8, 4) is 16.9 Å². The number of anilines is 1. The Kier molecular flexibility index (Phi) is 5.68. The largest absolute Gasteiger partial charge is 0.496 e. The van der Waals surface area contributed by atoms with Gasteiger partial charge in [0.2, 0.25) is 10.0 Å². The van der Waals surface area contributed by atoms with Gasteiger partial charge in [-0.15, -0.1) is 0 Å². The molecule has 10 heteroatoms. The summed E-state index contributed by atoms with van der Waals surface area (Å²) in [4.78, 5) is 22.4. The zero-order chi connectivity index (χ0) is 19.3. The Morgan fingerprint density at radius 1 is 1.04 bits per heavy atom. The van der Waals surface area contributed by atoms with Crippen LogP contribution in [0, 0.1) is 0 Å². The first-order valence-corrected chi connectivity index (χ1v) is 9.14. The van der Waals surface area contributed by atoms with Gasteiger partial charge in [0.05, 0.1) is 18.9 Å². The second-order valence-corrected chi connectivity index (χ2v) is 7.00. The standard InChI is InChI=1S/C16H17N3O6S/c1-25-14-9-11(6-7-13(14)15(20)17-18-16(21)22)10-4-3-5-12(8-10)19-26(2,23)24/h3-9,18-19H,1-2H3,(H,17,20)(H,21,22). The van der Waals surface area contributed by atoms with E-state index in [4.69, 9.17) is 9.84 Å². The van der Waals surface area contributed by atoms with Crippen LogP contribution in [0.25, 0.3) is 11.1 Å². The number of carboxylic acid groups (broad SMARTS) is 1. The highest BCUT2D eigenvalue weighted by Crippen LogP contribution is 2.29. The molecule has 0 aliphatic rings. The van der Waals surface area contributed by atoms with E-state index >= 15 is 0 Å². The molecule has 0 radical (unpaired) electrons. The Balaban J connectivity index is 2.33. The quantitative estimate of drug-likeness (QED) is 0.584. The first-order chi connectivity index (χ1) is 12.2. The summed E-state index contributed by atoms with van der Waals surface area (Å²) in [6, 6.07) is 11.4. The molecule has 9 nitrogen and oxygen atoms in total. The highest BCUT2D eigenvalue weighted by molar-refractivity contribution is 7.92. The van der Waals surface area contributed by atoms with Crippen molar-refractivity contribution in [1.29, 1.82) is 0 Å². The summed E-state index contributed by atoms with van der Waals surface area (Å²) in [5, 5.41) is 8.53. The molecule has 2 rings (SSSR count). The van der Waals surface area contributed by atoms with E-state index in [-0.39, 0.29) is 11.3 Å². The number of nitrogens with one attached hydrogen (secondary N) is 3. The Morgan fingerprint density at radius 3 is 2.35 bits per heavy atom. The van der Waals surface area contributed by atoms with Gasteiger partial charge in [0.1, 0.15) is 5.75 Å². The van der Waals surface area contributed by atoms with Crippen LogP contribution in [0.15, 0.2) is 42.5 Å². The zero-order valence-corrected chi connectivity index (χ0v) is 14.8. The van der Waals surface area contributed by atoms with Crippen LogP contribution in [-0.4, -0.2) is 38.9 Å². The molecule has 0 unspecified atom stereocenters. The summed E-state index contributed by atoms with van der Waals surface area (Å²) in [5.41, 5.74) is 5.71. The van der Waals surface area contributed by atoms with Gasteiger partial charge in [-0.3, -0.25) is 14.9 Å². The average Bonchev–Trinajstić information content (AvgIpc) is 2.57. The van der Waals surface area contributed by atoms with Crippen LogP contribution >= 0.6 is 0 Å². The Bertz CT molecular complexity index is 943. The normalized spacial score (nSPS) is 10.7. The van der Waals surface area contributed by atoms with Crippen molar-refractivity contribution in [2.75, 3.05) is 18.1 Å². The summed E-state index contributed by atoms with van der Waals surface area (Å²) in [6.45, 7) is 0. The van der Waals surface area contributed by atoms with Gasteiger partial charge in [-0.1, -0.05) is 18.2 Å². The zero-order valence-electron chi connectivity index (χ0n) is 13.9. The van der Waals surface area contributed by atoms with Crippen molar-refractivity contribution >= 4 is 27.7 Å². The number of carbonyl (C=O) groups excluding carboxylic acids is 1. The minimum atomic E-state index is -3.40. The van der Waals surface area contributed by atoms with Gasteiger partial charge in [-0.25, -0.2) is 18.6 Å². The van der Waals surface area contributed by atoms with Crippen LogP contribution in [0.1, 0.15) is 10.4 Å². The molecule has 26 heavy (non-hydrogen) atoms. The highest BCUT2D eigenvalue weighted by atomic mass is 32.2. The molecule has 0 bridgehead atoms. The van der Waals surface area contributed by atoms with E-state index in [1.54, 1.807) is 41.8 Å². The lowest BCUT2D eigenvalue weighted by molar-refractivity contribution is 0.0923. The fourth-order valence-corrected chi connectivity index (χ4v) is 2.77. The average molecular weight is 379 g/mol. The molecular formula is C16H17N3O6S. The Hall–Kier alpha value is -3.27. The predicted molar refractivity (Wildman–Crippen MR) is 95.5 cm³/mol. The van der Waals surface area contributed by atoms with Crippen molar-refractivity contribution in [2.45, 2.75) is 0 Å².